The molecule has 3 aliphatic heterocycles. The van der Waals surface area contributed by atoms with E-state index in [4.69, 9.17) is 68.6 Å². The molecule has 3 saturated heterocycles. The molecule has 4 fully saturated rings. The second-order valence-electron chi connectivity index (χ2n) is 14.3. The summed E-state index contributed by atoms with van der Waals surface area (Å²) < 4.78 is 35.9. The number of aliphatic hydroxyl groups is 7. The predicted octanol–water partition coefficient (Wildman–Crippen LogP) is -9.70. The van der Waals surface area contributed by atoms with Crippen LogP contribution in [0.3, 0.4) is 0 Å². The van der Waals surface area contributed by atoms with Gasteiger partial charge in [0.25, 0.3) is 0 Å². The lowest BCUT2D eigenvalue weighted by atomic mass is 9.83. The number of hydrogen-bond donors (Lipinski definition) is 16. The fourth-order valence-corrected chi connectivity index (χ4v) is 7.00. The molecule has 55 heavy (non-hydrogen) atoms. The van der Waals surface area contributed by atoms with E-state index in [1.165, 1.54) is 0 Å². The number of nitrogens with one attached hydrogen (secondary N) is 2. The largest absolute Gasteiger partial charge is 0.394 e. The molecule has 4 rings (SSSR count). The summed E-state index contributed by atoms with van der Waals surface area (Å²) in [6, 6.07) is -4.29. The third-order valence-corrected chi connectivity index (χ3v) is 10.2. The van der Waals surface area contributed by atoms with Gasteiger partial charge in [0, 0.05) is 32.1 Å². The maximum atomic E-state index is 13.0. The quantitative estimate of drug-likeness (QED) is 0.0348. The number of rotatable bonds is 18. The molecule has 0 unspecified atom stereocenters. The number of hydrogen-bond acceptors (Lipinski definition) is 21. The number of nitrogens with zero attached hydrogens (tertiary/aromatic N) is 1. The van der Waals surface area contributed by atoms with Crippen LogP contribution in [0, 0.1) is 0 Å². The smallest absolute Gasteiger partial charge is 0.249 e. The first-order valence-electron chi connectivity index (χ1n) is 18.5. The monoisotopic (exact) mass is 798 g/mol. The Labute approximate surface area is 317 Å². The van der Waals surface area contributed by atoms with Gasteiger partial charge in [0.1, 0.15) is 61.0 Å². The van der Waals surface area contributed by atoms with Gasteiger partial charge >= 0.3 is 0 Å². The molecule has 0 aromatic carbocycles. The van der Waals surface area contributed by atoms with E-state index in [-0.39, 0.29) is 44.9 Å². The van der Waals surface area contributed by atoms with Gasteiger partial charge in [-0.2, -0.15) is 0 Å². The first-order valence-corrected chi connectivity index (χ1v) is 18.5. The Balaban J connectivity index is 1.54. The van der Waals surface area contributed by atoms with Crippen LogP contribution in [0.1, 0.15) is 25.7 Å². The van der Waals surface area contributed by atoms with Crippen LogP contribution in [0.5, 0.6) is 0 Å². The summed E-state index contributed by atoms with van der Waals surface area (Å²) in [6.07, 6.45) is -19.6. The zero-order valence-corrected chi connectivity index (χ0v) is 30.5. The molecule has 0 bridgehead atoms. The minimum atomic E-state index is -1.70. The van der Waals surface area contributed by atoms with Crippen molar-refractivity contribution in [1.82, 2.24) is 10.6 Å². The molecule has 3 heterocycles. The number of guanidine groups is 1. The van der Waals surface area contributed by atoms with Crippen LogP contribution in [-0.2, 0) is 33.2 Å². The molecule has 19 atom stereocenters. The van der Waals surface area contributed by atoms with Crippen LogP contribution in [0.15, 0.2) is 4.99 Å². The van der Waals surface area contributed by atoms with Crippen molar-refractivity contribution in [2.45, 2.75) is 142 Å². The summed E-state index contributed by atoms with van der Waals surface area (Å²) in [6.45, 7) is 0.329. The van der Waals surface area contributed by atoms with Gasteiger partial charge in [-0.25, -0.2) is 0 Å². The Morgan fingerprint density at radius 1 is 0.800 bits per heavy atom. The van der Waals surface area contributed by atoms with Gasteiger partial charge in [-0.3, -0.25) is 9.79 Å². The Hall–Kier alpha value is -2.02. The van der Waals surface area contributed by atoms with Crippen LogP contribution in [0.4, 0.5) is 0 Å². The third-order valence-electron chi connectivity index (χ3n) is 10.2. The van der Waals surface area contributed by atoms with E-state index in [1.54, 1.807) is 0 Å². The molecule has 0 aromatic rings. The molecular formula is C31H62N10O14. The van der Waals surface area contributed by atoms with Crippen LogP contribution < -0.4 is 50.8 Å². The van der Waals surface area contributed by atoms with E-state index < -0.39 is 129 Å². The van der Waals surface area contributed by atoms with Crippen molar-refractivity contribution in [1.29, 1.82) is 0 Å². The van der Waals surface area contributed by atoms with Gasteiger partial charge in [0.2, 0.25) is 5.91 Å². The average Bonchev–Trinajstić information content (AvgIpc) is 3.44. The molecule has 1 amide bonds. The Kier molecular flexibility index (Phi) is 17.5. The van der Waals surface area contributed by atoms with Gasteiger partial charge in [0.05, 0.1) is 36.9 Å². The summed E-state index contributed by atoms with van der Waals surface area (Å²) in [5, 5.41) is 80.9. The molecule has 0 spiro atoms. The van der Waals surface area contributed by atoms with Crippen LogP contribution >= 0.6 is 0 Å². The summed E-state index contributed by atoms with van der Waals surface area (Å²) in [5.74, 6) is -1.09. The molecule has 1 aliphatic carbocycles. The minimum absolute atomic E-state index is 0.0550. The van der Waals surface area contributed by atoms with Gasteiger partial charge in [-0.1, -0.05) is 0 Å². The third kappa shape index (κ3) is 11.6. The predicted molar refractivity (Wildman–Crippen MR) is 190 cm³/mol. The number of nitrogens with two attached hydrogens (primary N) is 7. The van der Waals surface area contributed by atoms with E-state index in [0.29, 0.717) is 19.5 Å². The van der Waals surface area contributed by atoms with E-state index in [1.807, 2.05) is 0 Å². The Bertz CT molecular complexity index is 1210. The lowest BCUT2D eigenvalue weighted by Crippen LogP contribution is -2.67. The molecule has 24 nitrogen and oxygen atoms in total. The summed E-state index contributed by atoms with van der Waals surface area (Å²) in [4.78, 5) is 16.7. The number of aliphatic hydroxyl groups excluding tert-OH is 7. The number of carbonyl (C=O) groups is 1. The molecule has 1 saturated carbocycles. The molecule has 0 aromatic heterocycles. The van der Waals surface area contributed by atoms with Crippen molar-refractivity contribution in [2.75, 3.05) is 39.3 Å². The molecule has 23 N–H and O–H groups in total. The number of ether oxygens (including phenoxy) is 6. The topological polar surface area (TPSA) is 433 Å². The van der Waals surface area contributed by atoms with Crippen LogP contribution in [0.25, 0.3) is 0 Å². The highest BCUT2D eigenvalue weighted by Gasteiger charge is 2.54. The Morgan fingerprint density at radius 3 is 2.11 bits per heavy atom. The van der Waals surface area contributed by atoms with Gasteiger partial charge in [-0.15, -0.1) is 0 Å². The average molecular weight is 799 g/mol. The molecule has 24 heteroatoms. The molecule has 4 aliphatic rings. The number of carbonyl (C=O) groups excluding carboxylic acids is 1. The van der Waals surface area contributed by atoms with Crippen LogP contribution in [0.2, 0.25) is 0 Å². The van der Waals surface area contributed by atoms with Crippen LogP contribution in [-0.4, -0.2) is 203 Å². The molecular weight excluding hydrogens is 736 g/mol. The van der Waals surface area contributed by atoms with Crippen molar-refractivity contribution in [3.8, 4) is 0 Å². The highest BCUT2D eigenvalue weighted by Crippen LogP contribution is 2.34. The minimum Gasteiger partial charge on any atom is -0.394 e. The van der Waals surface area contributed by atoms with E-state index in [0.717, 1.165) is 0 Å². The van der Waals surface area contributed by atoms with Crippen molar-refractivity contribution in [2.24, 2.45) is 45.1 Å². The zero-order chi connectivity index (χ0) is 40.6. The van der Waals surface area contributed by atoms with E-state index in [9.17, 15) is 40.5 Å². The lowest BCUT2D eigenvalue weighted by molar-refractivity contribution is -0.296. The van der Waals surface area contributed by atoms with E-state index in [2.05, 4.69) is 15.6 Å². The fraction of sp³-hybridized carbons (Fsp3) is 0.935. The first-order chi connectivity index (χ1) is 26.1. The second kappa shape index (κ2) is 21.1. The van der Waals surface area contributed by atoms with Gasteiger partial charge in [0.15, 0.2) is 24.8 Å². The lowest BCUT2D eigenvalue weighted by Gasteiger charge is -2.47. The standard InChI is InChI=1S/C31H62N10O14/c32-3-1-4-39-9-17-15(44)7-12(35)28(51-17)53-24-11(34)6-13(41-27(49)14(43)2-5-40-31(37)38)20(45)26(24)55-30-23(48)25(18(10-42)52-30)54-29-19(36)22(47)21(46)16(8-33)50-29/h11-26,28-30,39,42-48H,1-10,32-36H2,(H,41,49)(H4,37,38,40)/t11-,12+,13+,14-,15-,16-,17+,18+,19+,20-,21+,22+,23+,24+,25+,26+,28+,29+,30-/m0/s1. The summed E-state index contributed by atoms with van der Waals surface area (Å²) >= 11 is 0. The highest BCUT2D eigenvalue weighted by atomic mass is 16.8. The molecule has 0 radical (unpaired) electrons. The Morgan fingerprint density at radius 2 is 1.45 bits per heavy atom. The molecule has 320 valence electrons. The van der Waals surface area contributed by atoms with Gasteiger partial charge in [-0.05, 0) is 32.4 Å². The maximum Gasteiger partial charge on any atom is 0.249 e. The van der Waals surface area contributed by atoms with E-state index >= 15 is 0 Å². The SMILES string of the molecule is NCCCNC[C@H]1O[C@H](O[C@H]2[C@H](O[C@@H]3O[C@H](CO)[C@@H](O[C@H]4O[C@@H](CN)[C@@H](O)[C@H](O)[C@H]4N)[C@H]3O)[C@@H](O)[C@H](NC(=O)[C@@H](O)CCN=C(N)N)C[C@@H]2N)[C@H](N)C[C@@H]1O. The van der Waals surface area contributed by atoms with Crippen molar-refractivity contribution in [3.63, 3.8) is 0 Å². The van der Waals surface area contributed by atoms with Crippen molar-refractivity contribution < 1.29 is 69.0 Å². The van der Waals surface area contributed by atoms with Crippen molar-refractivity contribution in [3.05, 3.63) is 0 Å². The maximum absolute atomic E-state index is 13.0. The first kappa shape index (κ1) is 45.7. The number of amides is 1. The van der Waals surface area contributed by atoms with Gasteiger partial charge < -0.3 is 115 Å². The van der Waals surface area contributed by atoms with Crippen molar-refractivity contribution >= 4 is 11.9 Å². The zero-order valence-electron chi connectivity index (χ0n) is 30.5. The summed E-state index contributed by atoms with van der Waals surface area (Å²) in [5.41, 5.74) is 40.9. The fourth-order valence-electron chi connectivity index (χ4n) is 7.00. The summed E-state index contributed by atoms with van der Waals surface area (Å²) in [7, 11) is 0. The number of aliphatic imine (C=N–C) groups is 1. The highest BCUT2D eigenvalue weighted by molar-refractivity contribution is 5.81. The normalized spacial score (nSPS) is 42.8. The second-order valence-corrected chi connectivity index (χ2v) is 14.3.